The van der Waals surface area contributed by atoms with Crippen LogP contribution < -0.4 is 11.1 Å². The van der Waals surface area contributed by atoms with Crippen LogP contribution in [0.2, 0.25) is 0 Å². The summed E-state index contributed by atoms with van der Waals surface area (Å²) in [7, 11) is 0. The molecule has 1 aromatic carbocycles. The molecule has 1 fully saturated rings. The zero-order chi connectivity index (χ0) is 20.8. The van der Waals surface area contributed by atoms with Crippen LogP contribution in [-0.2, 0) is 12.8 Å². The van der Waals surface area contributed by atoms with Gasteiger partial charge in [0, 0.05) is 18.3 Å². The van der Waals surface area contributed by atoms with Crippen LogP contribution in [0.15, 0.2) is 36.8 Å². The van der Waals surface area contributed by atoms with Crippen molar-refractivity contribution in [1.82, 2.24) is 19.9 Å². The van der Waals surface area contributed by atoms with Gasteiger partial charge < -0.3 is 25.8 Å². The highest BCUT2D eigenvalue weighted by atomic mass is 16.3. The molecule has 0 bridgehead atoms. The molecule has 4 atom stereocenters. The Balaban J connectivity index is 1.32. The standard InChI is InChI=1S/C22H25N5O3/c23-20-16-6-8-27(21(16)26-11-25-20)17-10-14(18(28)19(17)29)3-1-12-2-4-15-13(9-12)5-7-24-22(15)30/h2,4,6,8-9,11,14,17-19,28-29H,1,3,5,7,10H2,(H,24,30)(H2,23,25,26)/t14-,17+,18+,19-/m0/s1. The molecule has 1 saturated carbocycles. The van der Waals surface area contributed by atoms with Gasteiger partial charge in [0.05, 0.1) is 17.5 Å². The minimum atomic E-state index is -0.867. The van der Waals surface area contributed by atoms with E-state index in [4.69, 9.17) is 5.73 Å². The second-order valence-corrected chi connectivity index (χ2v) is 8.30. The van der Waals surface area contributed by atoms with E-state index in [0.29, 0.717) is 24.4 Å². The lowest BCUT2D eigenvalue weighted by atomic mass is 9.92. The molecule has 2 aliphatic rings. The summed E-state index contributed by atoms with van der Waals surface area (Å²) in [4.78, 5) is 20.2. The van der Waals surface area contributed by atoms with Crippen molar-refractivity contribution in [3.63, 3.8) is 0 Å². The number of aromatic nitrogens is 3. The van der Waals surface area contributed by atoms with Crippen LogP contribution in [0.25, 0.3) is 11.0 Å². The van der Waals surface area contributed by atoms with E-state index in [1.165, 1.54) is 6.33 Å². The van der Waals surface area contributed by atoms with Crippen molar-refractivity contribution in [1.29, 1.82) is 0 Å². The number of nitrogens with two attached hydrogens (primary N) is 1. The zero-order valence-electron chi connectivity index (χ0n) is 16.5. The number of hydrogen-bond acceptors (Lipinski definition) is 6. The number of carbonyl (C=O) groups is 1. The first-order chi connectivity index (χ1) is 14.5. The molecular formula is C22H25N5O3. The first-order valence-corrected chi connectivity index (χ1v) is 10.4. The molecule has 0 spiro atoms. The monoisotopic (exact) mass is 407 g/mol. The molecule has 5 rings (SSSR count). The Morgan fingerprint density at radius 1 is 1.20 bits per heavy atom. The number of aliphatic hydroxyl groups excluding tert-OH is 2. The molecule has 3 heterocycles. The summed E-state index contributed by atoms with van der Waals surface area (Å²) in [6, 6.07) is 7.56. The fourth-order valence-corrected chi connectivity index (χ4v) is 4.91. The topological polar surface area (TPSA) is 126 Å². The molecule has 0 radical (unpaired) electrons. The molecule has 5 N–H and O–H groups in total. The molecule has 1 aliphatic heterocycles. The molecule has 8 heteroatoms. The lowest BCUT2D eigenvalue weighted by Crippen LogP contribution is -2.31. The Morgan fingerprint density at radius 3 is 2.93 bits per heavy atom. The van der Waals surface area contributed by atoms with Crippen LogP contribution in [0.4, 0.5) is 5.82 Å². The Bertz CT molecular complexity index is 1110. The van der Waals surface area contributed by atoms with E-state index in [1.807, 2.05) is 29.0 Å². The second kappa shape index (κ2) is 7.37. The Labute approximate surface area is 173 Å². The van der Waals surface area contributed by atoms with Crippen LogP contribution in [0, 0.1) is 5.92 Å². The number of hydrogen-bond donors (Lipinski definition) is 4. The predicted octanol–water partition coefficient (Wildman–Crippen LogP) is 1.21. The van der Waals surface area contributed by atoms with Gasteiger partial charge in [-0.15, -0.1) is 0 Å². The number of nitrogens with one attached hydrogen (secondary N) is 1. The van der Waals surface area contributed by atoms with Gasteiger partial charge in [0.1, 0.15) is 23.9 Å². The fourth-order valence-electron chi connectivity index (χ4n) is 4.91. The Morgan fingerprint density at radius 2 is 2.07 bits per heavy atom. The maximum Gasteiger partial charge on any atom is 0.251 e. The molecule has 1 aliphatic carbocycles. The van der Waals surface area contributed by atoms with Crippen LogP contribution in [0.3, 0.4) is 0 Å². The lowest BCUT2D eigenvalue weighted by molar-refractivity contribution is 0.00545. The second-order valence-electron chi connectivity index (χ2n) is 8.30. The quantitative estimate of drug-likeness (QED) is 0.515. The molecule has 1 amide bonds. The highest BCUT2D eigenvalue weighted by molar-refractivity contribution is 5.96. The minimum absolute atomic E-state index is 0.0108. The van der Waals surface area contributed by atoms with Crippen molar-refractivity contribution in [2.24, 2.45) is 5.92 Å². The molecule has 2 aromatic heterocycles. The van der Waals surface area contributed by atoms with E-state index >= 15 is 0 Å². The average Bonchev–Trinajstić information content (AvgIpc) is 3.29. The molecule has 3 aromatic rings. The van der Waals surface area contributed by atoms with Crippen LogP contribution in [-0.4, -0.2) is 49.4 Å². The SMILES string of the molecule is Nc1ncnc2c1ccn2[C@@H]1C[C@H](CCc2ccc3c(c2)CCNC3=O)[C@@H](O)[C@H]1O. The maximum absolute atomic E-state index is 11.9. The molecule has 156 valence electrons. The van der Waals surface area contributed by atoms with Gasteiger partial charge in [-0.25, -0.2) is 9.97 Å². The van der Waals surface area contributed by atoms with Gasteiger partial charge in [-0.3, -0.25) is 4.79 Å². The number of nitrogen functional groups attached to an aromatic ring is 1. The zero-order valence-corrected chi connectivity index (χ0v) is 16.5. The smallest absolute Gasteiger partial charge is 0.251 e. The van der Waals surface area contributed by atoms with Gasteiger partial charge in [0.2, 0.25) is 0 Å². The van der Waals surface area contributed by atoms with E-state index in [9.17, 15) is 15.0 Å². The number of rotatable bonds is 4. The van der Waals surface area contributed by atoms with E-state index in [-0.39, 0.29) is 17.9 Å². The van der Waals surface area contributed by atoms with Crippen LogP contribution >= 0.6 is 0 Å². The summed E-state index contributed by atoms with van der Waals surface area (Å²) in [5.74, 6) is 0.369. The van der Waals surface area contributed by atoms with Gasteiger partial charge in [-0.05, 0) is 54.9 Å². The highest BCUT2D eigenvalue weighted by Gasteiger charge is 2.42. The largest absolute Gasteiger partial charge is 0.390 e. The van der Waals surface area contributed by atoms with Gasteiger partial charge in [-0.1, -0.05) is 12.1 Å². The van der Waals surface area contributed by atoms with E-state index < -0.39 is 12.2 Å². The number of anilines is 1. The van der Waals surface area contributed by atoms with Gasteiger partial charge in [0.15, 0.2) is 0 Å². The van der Waals surface area contributed by atoms with Crippen molar-refractivity contribution >= 4 is 22.8 Å². The Hall–Kier alpha value is -2.97. The Kier molecular flexibility index (Phi) is 4.67. The summed E-state index contributed by atoms with van der Waals surface area (Å²) >= 11 is 0. The third-order valence-corrected chi connectivity index (χ3v) is 6.57. The predicted molar refractivity (Wildman–Crippen MR) is 112 cm³/mol. The highest BCUT2D eigenvalue weighted by Crippen LogP contribution is 2.39. The molecule has 8 nitrogen and oxygen atoms in total. The van der Waals surface area contributed by atoms with Crippen molar-refractivity contribution in [3.8, 4) is 0 Å². The minimum Gasteiger partial charge on any atom is -0.390 e. The summed E-state index contributed by atoms with van der Waals surface area (Å²) in [6.45, 7) is 0.670. The van der Waals surface area contributed by atoms with Crippen molar-refractivity contribution in [2.75, 3.05) is 12.3 Å². The summed E-state index contributed by atoms with van der Waals surface area (Å²) in [5.41, 5.74) is 9.58. The first-order valence-electron chi connectivity index (χ1n) is 10.4. The number of aryl methyl sites for hydroxylation is 1. The third-order valence-electron chi connectivity index (χ3n) is 6.57. The van der Waals surface area contributed by atoms with E-state index in [0.717, 1.165) is 41.3 Å². The van der Waals surface area contributed by atoms with Crippen molar-refractivity contribution in [2.45, 2.75) is 43.9 Å². The molecular weight excluding hydrogens is 382 g/mol. The van der Waals surface area contributed by atoms with Crippen molar-refractivity contribution in [3.05, 3.63) is 53.5 Å². The molecule has 0 saturated heterocycles. The number of fused-ring (bicyclic) bond motifs is 2. The van der Waals surface area contributed by atoms with Gasteiger partial charge >= 0.3 is 0 Å². The van der Waals surface area contributed by atoms with Crippen LogP contribution in [0.1, 0.15) is 40.4 Å². The van der Waals surface area contributed by atoms with E-state index in [2.05, 4.69) is 21.4 Å². The lowest BCUT2D eigenvalue weighted by Gasteiger charge is -2.19. The third kappa shape index (κ3) is 3.12. The summed E-state index contributed by atoms with van der Waals surface area (Å²) in [6.07, 6.45) is 4.65. The first kappa shape index (κ1) is 19.0. The normalized spacial score (nSPS) is 26.0. The summed E-state index contributed by atoms with van der Waals surface area (Å²) in [5, 5.41) is 25.0. The van der Waals surface area contributed by atoms with Gasteiger partial charge in [-0.2, -0.15) is 0 Å². The number of nitrogens with zero attached hydrogens (tertiary/aromatic N) is 3. The average molecular weight is 407 g/mol. The summed E-state index contributed by atoms with van der Waals surface area (Å²) < 4.78 is 1.90. The number of benzene rings is 1. The number of amides is 1. The van der Waals surface area contributed by atoms with Crippen LogP contribution in [0.5, 0.6) is 0 Å². The van der Waals surface area contributed by atoms with E-state index in [1.54, 1.807) is 0 Å². The molecule has 30 heavy (non-hydrogen) atoms. The van der Waals surface area contributed by atoms with Gasteiger partial charge in [0.25, 0.3) is 5.91 Å². The maximum atomic E-state index is 11.9. The number of carbonyl (C=O) groups excluding carboxylic acids is 1. The van der Waals surface area contributed by atoms with Crippen molar-refractivity contribution < 1.29 is 15.0 Å². The molecule has 0 unspecified atom stereocenters. The fraction of sp³-hybridized carbons (Fsp3) is 0.409. The number of aliphatic hydroxyl groups is 2.